The Hall–Kier alpha value is -0.860. The molecule has 0 aromatic carbocycles. The van der Waals surface area contributed by atoms with Crippen LogP contribution in [0, 0.1) is 29.6 Å². The molecule has 0 aliphatic heterocycles. The van der Waals surface area contributed by atoms with E-state index in [0.29, 0.717) is 5.41 Å². The molecule has 0 N–H and O–H groups in total. The van der Waals surface area contributed by atoms with Crippen LogP contribution in [0.15, 0.2) is 0 Å². The van der Waals surface area contributed by atoms with E-state index in [1.165, 1.54) is 88.8 Å². The highest BCUT2D eigenvalue weighted by Crippen LogP contribution is 2.60. The average Bonchev–Trinajstić information content (AvgIpc) is 3.39. The number of hydrogen-bond acceptors (Lipinski definition) is 2. The third kappa shape index (κ3) is 2.21. The Labute approximate surface area is 139 Å². The Morgan fingerprint density at radius 2 is 1.43 bits per heavy atom. The Morgan fingerprint density at radius 1 is 0.826 bits per heavy atom. The normalized spacial score (nSPS) is 41.7. The van der Waals surface area contributed by atoms with Crippen LogP contribution in [0.1, 0.15) is 75.9 Å². The van der Waals surface area contributed by atoms with Crippen LogP contribution >= 0.6 is 0 Å². The number of aromatic nitrogens is 3. The highest BCUT2D eigenvalue weighted by atomic mass is 15.3. The lowest BCUT2D eigenvalue weighted by atomic mass is 9.49. The third-order valence-corrected chi connectivity index (χ3v) is 7.65. The van der Waals surface area contributed by atoms with Gasteiger partial charge in [0.05, 0.1) is 0 Å². The maximum atomic E-state index is 4.88. The average molecular weight is 311 g/mol. The van der Waals surface area contributed by atoms with Crippen molar-refractivity contribution >= 4 is 0 Å². The van der Waals surface area contributed by atoms with Gasteiger partial charge >= 0.3 is 0 Å². The van der Waals surface area contributed by atoms with Crippen molar-refractivity contribution < 1.29 is 0 Å². The maximum Gasteiger partial charge on any atom is 0.139 e. The highest BCUT2D eigenvalue weighted by molar-refractivity contribution is 5.19. The van der Waals surface area contributed by atoms with Crippen LogP contribution in [0.25, 0.3) is 0 Å². The molecule has 124 valence electrons. The smallest absolute Gasteiger partial charge is 0.139 e. The van der Waals surface area contributed by atoms with E-state index in [1.54, 1.807) is 0 Å². The summed E-state index contributed by atoms with van der Waals surface area (Å²) in [6.45, 7) is 1.23. The summed E-state index contributed by atoms with van der Waals surface area (Å²) in [5, 5.41) is 9.63. The van der Waals surface area contributed by atoms with Crippen LogP contribution in [-0.4, -0.2) is 14.8 Å². The molecule has 23 heavy (non-hydrogen) atoms. The van der Waals surface area contributed by atoms with Gasteiger partial charge in [-0.3, -0.25) is 0 Å². The molecular weight excluding hydrogens is 282 g/mol. The summed E-state index contributed by atoms with van der Waals surface area (Å²) in [5.74, 6) is 7.61. The van der Waals surface area contributed by atoms with E-state index in [-0.39, 0.29) is 0 Å². The second-order valence-electron chi connectivity index (χ2n) is 9.84. The minimum Gasteiger partial charge on any atom is -0.314 e. The Morgan fingerprint density at radius 3 is 2.00 bits per heavy atom. The van der Waals surface area contributed by atoms with Crippen molar-refractivity contribution in [1.82, 2.24) is 14.8 Å². The molecule has 4 bridgehead atoms. The van der Waals surface area contributed by atoms with Crippen molar-refractivity contribution in [2.45, 2.75) is 82.6 Å². The van der Waals surface area contributed by atoms with Crippen molar-refractivity contribution in [3.63, 3.8) is 0 Å². The molecule has 6 fully saturated rings. The van der Waals surface area contributed by atoms with Crippen LogP contribution in [0.4, 0.5) is 0 Å². The van der Waals surface area contributed by atoms with E-state index in [9.17, 15) is 0 Å². The molecule has 1 aromatic rings. The molecule has 1 heterocycles. The molecule has 6 saturated carbocycles. The van der Waals surface area contributed by atoms with Gasteiger partial charge in [0.15, 0.2) is 0 Å². The Bertz CT molecular complexity index is 588. The minimum absolute atomic E-state index is 0.415. The van der Waals surface area contributed by atoms with E-state index >= 15 is 0 Å². The molecule has 7 rings (SSSR count). The second kappa shape index (κ2) is 4.61. The number of hydrogen-bond donors (Lipinski definition) is 0. The predicted molar refractivity (Wildman–Crippen MR) is 89.0 cm³/mol. The molecule has 1 aromatic heterocycles. The lowest BCUT2D eigenvalue weighted by Crippen LogP contribution is -2.49. The molecule has 3 heteroatoms. The van der Waals surface area contributed by atoms with Crippen LogP contribution in [0.5, 0.6) is 0 Å². The molecule has 6 aliphatic carbocycles. The van der Waals surface area contributed by atoms with Crippen LogP contribution in [0.2, 0.25) is 0 Å². The summed E-state index contributed by atoms with van der Waals surface area (Å²) in [5.41, 5.74) is 0.415. The number of rotatable bonds is 5. The van der Waals surface area contributed by atoms with Crippen molar-refractivity contribution in [1.29, 1.82) is 0 Å². The first-order valence-electron chi connectivity index (χ1n) is 10.2. The number of nitrogens with zero attached hydrogens (tertiary/aromatic N) is 3. The van der Waals surface area contributed by atoms with E-state index in [4.69, 9.17) is 10.2 Å². The van der Waals surface area contributed by atoms with Crippen LogP contribution < -0.4 is 0 Å². The van der Waals surface area contributed by atoms with E-state index in [2.05, 4.69) is 4.57 Å². The molecule has 3 nitrogen and oxygen atoms in total. The quantitative estimate of drug-likeness (QED) is 0.819. The van der Waals surface area contributed by atoms with Crippen LogP contribution in [0.3, 0.4) is 0 Å². The zero-order valence-electron chi connectivity index (χ0n) is 14.2. The summed E-state index contributed by atoms with van der Waals surface area (Å²) in [7, 11) is 0. The lowest BCUT2D eigenvalue weighted by Gasteiger charge is -2.56. The van der Waals surface area contributed by atoms with Gasteiger partial charge in [-0.15, -0.1) is 10.2 Å². The zero-order valence-corrected chi connectivity index (χ0v) is 14.2. The van der Waals surface area contributed by atoms with Gasteiger partial charge in [0, 0.05) is 18.4 Å². The van der Waals surface area contributed by atoms with Gasteiger partial charge in [-0.2, -0.15) is 0 Å². The Balaban J connectivity index is 1.39. The van der Waals surface area contributed by atoms with E-state index in [0.717, 1.165) is 29.6 Å². The van der Waals surface area contributed by atoms with Gasteiger partial charge in [-0.25, -0.2) is 0 Å². The van der Waals surface area contributed by atoms with E-state index in [1.807, 2.05) is 0 Å². The van der Waals surface area contributed by atoms with Crippen molar-refractivity contribution in [3.8, 4) is 0 Å². The monoisotopic (exact) mass is 311 g/mol. The van der Waals surface area contributed by atoms with Gasteiger partial charge < -0.3 is 4.57 Å². The predicted octanol–water partition coefficient (Wildman–Crippen LogP) is 4.11. The molecule has 0 spiro atoms. The Kier molecular flexibility index (Phi) is 2.69. The molecule has 0 radical (unpaired) electrons. The van der Waals surface area contributed by atoms with Gasteiger partial charge in [0.1, 0.15) is 11.6 Å². The van der Waals surface area contributed by atoms with Crippen molar-refractivity contribution in [2.75, 3.05) is 0 Å². The molecule has 0 unspecified atom stereocenters. The zero-order chi connectivity index (χ0) is 15.0. The molecule has 0 atom stereocenters. The first-order valence-corrected chi connectivity index (χ1v) is 10.2. The summed E-state index contributed by atoms with van der Waals surface area (Å²) >= 11 is 0. The fraction of sp³-hybridized carbons (Fsp3) is 0.900. The lowest BCUT2D eigenvalue weighted by molar-refractivity contribution is -0.0113. The highest BCUT2D eigenvalue weighted by Gasteiger charge is 2.54. The van der Waals surface area contributed by atoms with Gasteiger partial charge in [0.25, 0.3) is 0 Å². The van der Waals surface area contributed by atoms with Crippen molar-refractivity contribution in [2.24, 2.45) is 29.6 Å². The van der Waals surface area contributed by atoms with Crippen LogP contribution in [-0.2, 0) is 18.4 Å². The molecule has 0 saturated heterocycles. The van der Waals surface area contributed by atoms with Crippen molar-refractivity contribution in [3.05, 3.63) is 11.6 Å². The third-order valence-electron chi connectivity index (χ3n) is 7.65. The maximum absolute atomic E-state index is 4.88. The van der Waals surface area contributed by atoms with Gasteiger partial charge in [-0.1, -0.05) is 0 Å². The molecule has 0 amide bonds. The molecular formula is C20H29N3. The fourth-order valence-electron chi connectivity index (χ4n) is 6.59. The summed E-state index contributed by atoms with van der Waals surface area (Å²) in [6, 6.07) is 0. The summed E-state index contributed by atoms with van der Waals surface area (Å²) in [4.78, 5) is 0. The fourth-order valence-corrected chi connectivity index (χ4v) is 6.59. The molecule has 6 aliphatic rings. The first-order chi connectivity index (χ1) is 11.3. The standard InChI is InChI=1S/C20H29N3/c1-2-13(1)8-18-21-22-19(23(18)12-14-3-4-14)20-9-15-5-16(10-20)7-17(6-15)11-20/h13-17H,1-12H2. The van der Waals surface area contributed by atoms with Gasteiger partial charge in [0.2, 0.25) is 0 Å². The first kappa shape index (κ1) is 13.4. The van der Waals surface area contributed by atoms with Gasteiger partial charge in [-0.05, 0) is 93.8 Å². The topological polar surface area (TPSA) is 30.7 Å². The van der Waals surface area contributed by atoms with E-state index < -0.39 is 0 Å². The summed E-state index contributed by atoms with van der Waals surface area (Å²) < 4.78 is 2.64. The summed E-state index contributed by atoms with van der Waals surface area (Å²) in [6.07, 6.45) is 15.7. The minimum atomic E-state index is 0.415. The largest absolute Gasteiger partial charge is 0.314 e. The SMILES string of the molecule is C1CC1Cc1nnc(C23CC4CC(CC(C4)C2)C3)n1CC1CC1. The second-order valence-corrected chi connectivity index (χ2v) is 9.84.